The van der Waals surface area contributed by atoms with Gasteiger partial charge in [0.15, 0.2) is 0 Å². The Labute approximate surface area is 109 Å². The summed E-state index contributed by atoms with van der Waals surface area (Å²) in [6.07, 6.45) is 1.91. The SMILES string of the molecule is CCCCN1C(=O)C(=O)c2cc(Br)cc(C)c21. The van der Waals surface area contributed by atoms with E-state index in [-0.39, 0.29) is 5.78 Å². The van der Waals surface area contributed by atoms with Gasteiger partial charge in [-0.1, -0.05) is 29.3 Å². The Morgan fingerprint density at radius 3 is 2.65 bits per heavy atom. The second-order valence-corrected chi connectivity index (χ2v) is 5.17. The first-order valence-electron chi connectivity index (χ1n) is 5.72. The van der Waals surface area contributed by atoms with Crippen LogP contribution in [0, 0.1) is 6.92 Å². The molecule has 1 heterocycles. The van der Waals surface area contributed by atoms with Gasteiger partial charge < -0.3 is 4.90 Å². The largest absolute Gasteiger partial charge is 0.304 e. The average molecular weight is 296 g/mol. The van der Waals surface area contributed by atoms with E-state index in [4.69, 9.17) is 0 Å². The molecule has 0 fully saturated rings. The molecule has 1 aliphatic rings. The monoisotopic (exact) mass is 295 g/mol. The number of hydrogen-bond acceptors (Lipinski definition) is 2. The highest BCUT2D eigenvalue weighted by atomic mass is 79.9. The lowest BCUT2D eigenvalue weighted by molar-refractivity contribution is -0.114. The molecule has 0 unspecified atom stereocenters. The molecule has 1 aromatic rings. The van der Waals surface area contributed by atoms with E-state index in [1.807, 2.05) is 13.0 Å². The molecule has 90 valence electrons. The van der Waals surface area contributed by atoms with Gasteiger partial charge in [-0.05, 0) is 31.0 Å². The van der Waals surface area contributed by atoms with Gasteiger partial charge in [0, 0.05) is 11.0 Å². The molecule has 0 N–H and O–H groups in total. The van der Waals surface area contributed by atoms with E-state index in [0.29, 0.717) is 12.1 Å². The van der Waals surface area contributed by atoms with Crippen molar-refractivity contribution < 1.29 is 9.59 Å². The molecule has 0 radical (unpaired) electrons. The van der Waals surface area contributed by atoms with E-state index < -0.39 is 5.91 Å². The maximum absolute atomic E-state index is 11.9. The van der Waals surface area contributed by atoms with Crippen LogP contribution in [0.2, 0.25) is 0 Å². The summed E-state index contributed by atoms with van der Waals surface area (Å²) in [5.41, 5.74) is 2.28. The summed E-state index contributed by atoms with van der Waals surface area (Å²) in [6.45, 7) is 4.61. The molecule has 4 heteroatoms. The molecule has 2 rings (SSSR count). The highest BCUT2D eigenvalue weighted by molar-refractivity contribution is 9.10. The van der Waals surface area contributed by atoms with Gasteiger partial charge in [0.25, 0.3) is 11.7 Å². The molecular weight excluding hydrogens is 282 g/mol. The quantitative estimate of drug-likeness (QED) is 0.804. The molecule has 0 bridgehead atoms. The van der Waals surface area contributed by atoms with Crippen molar-refractivity contribution in [3.8, 4) is 0 Å². The van der Waals surface area contributed by atoms with Crippen molar-refractivity contribution in [1.29, 1.82) is 0 Å². The zero-order valence-corrected chi connectivity index (χ0v) is 11.5. The maximum Gasteiger partial charge on any atom is 0.299 e. The van der Waals surface area contributed by atoms with Crippen LogP contribution in [0.4, 0.5) is 5.69 Å². The number of rotatable bonds is 3. The van der Waals surface area contributed by atoms with Crippen molar-refractivity contribution >= 4 is 33.3 Å². The third-order valence-electron chi connectivity index (χ3n) is 2.95. The van der Waals surface area contributed by atoms with E-state index in [1.54, 1.807) is 11.0 Å². The third-order valence-corrected chi connectivity index (χ3v) is 3.41. The number of aryl methyl sites for hydroxylation is 1. The Kier molecular flexibility index (Phi) is 3.33. The molecule has 0 atom stereocenters. The second-order valence-electron chi connectivity index (χ2n) is 4.26. The lowest BCUT2D eigenvalue weighted by Gasteiger charge is -2.18. The summed E-state index contributed by atoms with van der Waals surface area (Å²) in [4.78, 5) is 25.4. The van der Waals surface area contributed by atoms with Gasteiger partial charge in [-0.2, -0.15) is 0 Å². The fourth-order valence-corrected chi connectivity index (χ4v) is 2.71. The minimum atomic E-state index is -0.394. The highest BCUT2D eigenvalue weighted by Crippen LogP contribution is 2.35. The molecule has 1 aliphatic heterocycles. The number of benzene rings is 1. The number of hydrogen-bond donors (Lipinski definition) is 0. The fourth-order valence-electron chi connectivity index (χ4n) is 2.14. The van der Waals surface area contributed by atoms with E-state index in [9.17, 15) is 9.59 Å². The van der Waals surface area contributed by atoms with Crippen molar-refractivity contribution in [3.05, 3.63) is 27.7 Å². The molecule has 0 saturated carbocycles. The summed E-state index contributed by atoms with van der Waals surface area (Å²) in [5.74, 6) is -0.782. The number of carbonyl (C=O) groups is 2. The normalized spacial score (nSPS) is 14.4. The van der Waals surface area contributed by atoms with Crippen molar-refractivity contribution in [3.63, 3.8) is 0 Å². The van der Waals surface area contributed by atoms with Crippen molar-refractivity contribution in [2.45, 2.75) is 26.7 Å². The van der Waals surface area contributed by atoms with Crippen LogP contribution in [-0.4, -0.2) is 18.2 Å². The van der Waals surface area contributed by atoms with Gasteiger partial charge in [-0.3, -0.25) is 9.59 Å². The predicted molar refractivity (Wildman–Crippen MR) is 70.5 cm³/mol. The van der Waals surface area contributed by atoms with Crippen LogP contribution in [0.5, 0.6) is 0 Å². The zero-order valence-electron chi connectivity index (χ0n) is 9.92. The fraction of sp³-hybridized carbons (Fsp3) is 0.385. The smallest absolute Gasteiger partial charge is 0.299 e. The van der Waals surface area contributed by atoms with Crippen molar-refractivity contribution in [2.24, 2.45) is 0 Å². The molecule has 17 heavy (non-hydrogen) atoms. The van der Waals surface area contributed by atoms with E-state index in [0.717, 1.165) is 28.6 Å². The Morgan fingerprint density at radius 1 is 1.29 bits per heavy atom. The van der Waals surface area contributed by atoms with Crippen LogP contribution >= 0.6 is 15.9 Å². The van der Waals surface area contributed by atoms with Crippen LogP contribution in [0.3, 0.4) is 0 Å². The molecule has 0 aliphatic carbocycles. The summed E-state index contributed by atoms with van der Waals surface area (Å²) in [5, 5.41) is 0. The minimum absolute atomic E-state index is 0.388. The number of Topliss-reactive ketones (excluding diaryl/α,β-unsaturated/α-hetero) is 1. The summed E-state index contributed by atoms with van der Waals surface area (Å²) < 4.78 is 0.840. The Bertz CT molecular complexity index is 496. The summed E-state index contributed by atoms with van der Waals surface area (Å²) in [7, 11) is 0. The topological polar surface area (TPSA) is 37.4 Å². The van der Waals surface area contributed by atoms with Crippen LogP contribution in [-0.2, 0) is 4.79 Å². The second kappa shape index (κ2) is 4.61. The van der Waals surface area contributed by atoms with Crippen molar-refractivity contribution in [1.82, 2.24) is 0 Å². The first kappa shape index (κ1) is 12.3. The van der Waals surface area contributed by atoms with E-state index in [1.165, 1.54) is 0 Å². The third kappa shape index (κ3) is 2.02. The van der Waals surface area contributed by atoms with Gasteiger partial charge in [0.1, 0.15) is 0 Å². The number of amides is 1. The minimum Gasteiger partial charge on any atom is -0.304 e. The van der Waals surface area contributed by atoms with Crippen LogP contribution in [0.15, 0.2) is 16.6 Å². The van der Waals surface area contributed by atoms with Gasteiger partial charge in [-0.25, -0.2) is 0 Å². The van der Waals surface area contributed by atoms with Gasteiger partial charge >= 0.3 is 0 Å². The van der Waals surface area contributed by atoms with Crippen LogP contribution < -0.4 is 4.90 Å². The Hall–Kier alpha value is -1.16. The molecule has 3 nitrogen and oxygen atoms in total. The molecular formula is C13H14BrNO2. The Balaban J connectivity index is 2.48. The number of unbranched alkanes of at least 4 members (excludes halogenated alkanes) is 1. The number of nitrogens with zero attached hydrogens (tertiary/aromatic N) is 1. The first-order chi connectivity index (χ1) is 8.06. The number of ketones is 1. The molecule has 1 amide bonds. The number of carbonyl (C=O) groups excluding carboxylic acids is 2. The Morgan fingerprint density at radius 2 is 2.00 bits per heavy atom. The van der Waals surface area contributed by atoms with Crippen LogP contribution in [0.25, 0.3) is 0 Å². The lowest BCUT2D eigenvalue weighted by atomic mass is 10.1. The number of halogens is 1. The van der Waals surface area contributed by atoms with Crippen molar-refractivity contribution in [2.75, 3.05) is 11.4 Å². The summed E-state index contributed by atoms with van der Waals surface area (Å²) >= 11 is 3.35. The highest BCUT2D eigenvalue weighted by Gasteiger charge is 2.36. The van der Waals surface area contributed by atoms with Gasteiger partial charge in [-0.15, -0.1) is 0 Å². The zero-order chi connectivity index (χ0) is 12.6. The van der Waals surface area contributed by atoms with E-state index >= 15 is 0 Å². The molecule has 1 aromatic carbocycles. The lowest BCUT2D eigenvalue weighted by Crippen LogP contribution is -2.30. The van der Waals surface area contributed by atoms with E-state index in [2.05, 4.69) is 22.9 Å². The number of anilines is 1. The average Bonchev–Trinajstić information content (AvgIpc) is 2.51. The number of fused-ring (bicyclic) bond motifs is 1. The predicted octanol–water partition coefficient (Wildman–Crippen LogP) is 3.09. The molecule has 0 spiro atoms. The summed E-state index contributed by atoms with van der Waals surface area (Å²) in [6, 6.07) is 3.66. The van der Waals surface area contributed by atoms with Gasteiger partial charge in [0.2, 0.25) is 0 Å². The molecule has 0 aromatic heterocycles. The standard InChI is InChI=1S/C13H14BrNO2/c1-3-4-5-15-11-8(2)6-9(14)7-10(11)12(16)13(15)17/h6-7H,3-5H2,1-2H3. The maximum atomic E-state index is 11.9. The van der Waals surface area contributed by atoms with Gasteiger partial charge in [0.05, 0.1) is 11.3 Å². The first-order valence-corrected chi connectivity index (χ1v) is 6.52. The molecule has 0 saturated heterocycles. The van der Waals surface area contributed by atoms with Crippen LogP contribution in [0.1, 0.15) is 35.7 Å².